The topological polar surface area (TPSA) is 22.1 Å². The van der Waals surface area contributed by atoms with Gasteiger partial charge in [-0.2, -0.15) is 0 Å². The van der Waals surface area contributed by atoms with Crippen LogP contribution in [0.3, 0.4) is 0 Å². The van der Waals surface area contributed by atoms with E-state index in [0.717, 1.165) is 24.5 Å². The molecule has 66 valence electrons. The maximum atomic E-state index is 5.32. The maximum absolute atomic E-state index is 5.32. The van der Waals surface area contributed by atoms with Crippen LogP contribution >= 0.6 is 0 Å². The van der Waals surface area contributed by atoms with Crippen molar-refractivity contribution in [3.05, 3.63) is 23.5 Å². The number of hydrogen-bond acceptors (Lipinski definition) is 2. The Kier molecular flexibility index (Phi) is 3.09. The lowest BCUT2D eigenvalue weighted by molar-refractivity contribution is 0.356. The van der Waals surface area contributed by atoms with E-state index in [-0.39, 0.29) is 0 Å². The van der Waals surface area contributed by atoms with E-state index in [1.807, 2.05) is 33.0 Å². The third kappa shape index (κ3) is 1.76. The Labute approximate surface area is 73.6 Å². The number of rotatable bonds is 0. The van der Waals surface area contributed by atoms with Gasteiger partial charge in [-0.3, -0.25) is 4.98 Å². The molecular weight excluding hydrogens is 150 g/mol. The Morgan fingerprint density at radius 3 is 2.92 bits per heavy atom. The molecule has 12 heavy (non-hydrogen) atoms. The average molecular weight is 165 g/mol. The van der Waals surface area contributed by atoms with Gasteiger partial charge in [0.15, 0.2) is 0 Å². The van der Waals surface area contributed by atoms with Gasteiger partial charge in [0.2, 0.25) is 0 Å². The SMILES string of the molecule is CC.Cc1cnc2c(c1)OCC2. The number of hydrogen-bond donors (Lipinski definition) is 0. The monoisotopic (exact) mass is 165 g/mol. The molecule has 1 aliphatic heterocycles. The first-order valence-electron chi connectivity index (χ1n) is 4.44. The lowest BCUT2D eigenvalue weighted by Crippen LogP contribution is -1.86. The fourth-order valence-electron chi connectivity index (χ4n) is 1.14. The number of fused-ring (bicyclic) bond motifs is 1. The summed E-state index contributed by atoms with van der Waals surface area (Å²) >= 11 is 0. The van der Waals surface area contributed by atoms with Gasteiger partial charge in [-0.05, 0) is 18.6 Å². The van der Waals surface area contributed by atoms with Crippen molar-refractivity contribution in [1.82, 2.24) is 4.98 Å². The summed E-state index contributed by atoms with van der Waals surface area (Å²) in [5, 5.41) is 0. The minimum atomic E-state index is 0.797. The van der Waals surface area contributed by atoms with Gasteiger partial charge in [0.1, 0.15) is 5.75 Å². The van der Waals surface area contributed by atoms with Crippen LogP contribution in [0, 0.1) is 6.92 Å². The molecular formula is C10H15NO. The van der Waals surface area contributed by atoms with Crippen LogP contribution in [0.2, 0.25) is 0 Å². The van der Waals surface area contributed by atoms with Crippen molar-refractivity contribution in [2.45, 2.75) is 27.2 Å². The molecule has 2 rings (SSSR count). The second-order valence-corrected chi connectivity index (χ2v) is 2.56. The first-order valence-corrected chi connectivity index (χ1v) is 4.44. The molecule has 0 radical (unpaired) electrons. The Hall–Kier alpha value is -1.05. The standard InChI is InChI=1S/C8H9NO.C2H6/c1-6-4-8-7(9-5-6)2-3-10-8;1-2/h4-5H,2-3H2,1H3;1-2H3. The van der Waals surface area contributed by atoms with Crippen molar-refractivity contribution in [1.29, 1.82) is 0 Å². The quantitative estimate of drug-likeness (QED) is 0.588. The zero-order valence-corrected chi connectivity index (χ0v) is 7.92. The van der Waals surface area contributed by atoms with Crippen LogP contribution in [0.1, 0.15) is 25.1 Å². The molecule has 0 aliphatic carbocycles. The molecule has 0 spiro atoms. The molecule has 2 heteroatoms. The summed E-state index contributed by atoms with van der Waals surface area (Å²) in [6.07, 6.45) is 2.85. The van der Waals surface area contributed by atoms with Crippen molar-refractivity contribution in [3.63, 3.8) is 0 Å². The van der Waals surface area contributed by atoms with Gasteiger partial charge >= 0.3 is 0 Å². The third-order valence-corrected chi connectivity index (χ3v) is 1.66. The predicted octanol–water partition coefficient (Wildman–Crippen LogP) is 2.35. The molecule has 1 aromatic heterocycles. The fourth-order valence-corrected chi connectivity index (χ4v) is 1.14. The molecule has 0 N–H and O–H groups in total. The first kappa shape index (κ1) is 9.04. The number of pyridine rings is 1. The van der Waals surface area contributed by atoms with E-state index in [0.29, 0.717) is 0 Å². The predicted molar refractivity (Wildman–Crippen MR) is 49.5 cm³/mol. The van der Waals surface area contributed by atoms with E-state index in [9.17, 15) is 0 Å². The van der Waals surface area contributed by atoms with Crippen LogP contribution < -0.4 is 4.74 Å². The van der Waals surface area contributed by atoms with Crippen LogP contribution in [-0.4, -0.2) is 11.6 Å². The van der Waals surface area contributed by atoms with Crippen LogP contribution in [0.15, 0.2) is 12.3 Å². The normalized spacial score (nSPS) is 12.6. The van der Waals surface area contributed by atoms with Crippen LogP contribution in [0.25, 0.3) is 0 Å². The molecule has 0 fully saturated rings. The average Bonchev–Trinajstić information content (AvgIpc) is 2.54. The fraction of sp³-hybridized carbons (Fsp3) is 0.500. The van der Waals surface area contributed by atoms with Gasteiger partial charge in [0.25, 0.3) is 0 Å². The zero-order chi connectivity index (χ0) is 8.97. The Bertz CT molecular complexity index is 258. The highest BCUT2D eigenvalue weighted by Crippen LogP contribution is 2.22. The Balaban J connectivity index is 0.000000336. The maximum Gasteiger partial charge on any atom is 0.141 e. The van der Waals surface area contributed by atoms with Gasteiger partial charge in [0.05, 0.1) is 12.3 Å². The summed E-state index contributed by atoms with van der Waals surface area (Å²) < 4.78 is 5.32. The van der Waals surface area contributed by atoms with E-state index in [1.54, 1.807) is 0 Å². The number of aryl methyl sites for hydroxylation is 1. The van der Waals surface area contributed by atoms with Crippen LogP contribution in [0.5, 0.6) is 5.75 Å². The van der Waals surface area contributed by atoms with Crippen molar-refractivity contribution in [3.8, 4) is 5.75 Å². The van der Waals surface area contributed by atoms with E-state index < -0.39 is 0 Å². The molecule has 1 aliphatic rings. The van der Waals surface area contributed by atoms with Gasteiger partial charge in [-0.15, -0.1) is 0 Å². The van der Waals surface area contributed by atoms with E-state index in [4.69, 9.17) is 4.74 Å². The summed E-state index contributed by atoms with van der Waals surface area (Å²) in [6, 6.07) is 2.04. The summed E-state index contributed by atoms with van der Waals surface area (Å²) in [5.41, 5.74) is 2.27. The highest BCUT2D eigenvalue weighted by Gasteiger charge is 2.11. The second kappa shape index (κ2) is 4.10. The summed E-state index contributed by atoms with van der Waals surface area (Å²) in [5.74, 6) is 0.972. The van der Waals surface area contributed by atoms with Crippen molar-refractivity contribution < 1.29 is 4.74 Å². The van der Waals surface area contributed by atoms with Crippen molar-refractivity contribution in [2.75, 3.05) is 6.61 Å². The molecule has 0 aromatic carbocycles. The molecule has 0 amide bonds. The van der Waals surface area contributed by atoms with Crippen LogP contribution in [-0.2, 0) is 6.42 Å². The Morgan fingerprint density at radius 1 is 1.42 bits per heavy atom. The highest BCUT2D eigenvalue weighted by atomic mass is 16.5. The van der Waals surface area contributed by atoms with Crippen molar-refractivity contribution >= 4 is 0 Å². The van der Waals surface area contributed by atoms with Gasteiger partial charge in [0, 0.05) is 12.6 Å². The third-order valence-electron chi connectivity index (χ3n) is 1.66. The van der Waals surface area contributed by atoms with E-state index >= 15 is 0 Å². The lowest BCUT2D eigenvalue weighted by Gasteiger charge is -1.97. The molecule has 2 heterocycles. The molecule has 0 bridgehead atoms. The van der Waals surface area contributed by atoms with Gasteiger partial charge in [-0.1, -0.05) is 13.8 Å². The minimum absolute atomic E-state index is 0.797. The minimum Gasteiger partial charge on any atom is -0.491 e. The van der Waals surface area contributed by atoms with E-state index in [1.165, 1.54) is 5.56 Å². The molecule has 0 atom stereocenters. The second-order valence-electron chi connectivity index (χ2n) is 2.56. The largest absolute Gasteiger partial charge is 0.491 e. The summed E-state index contributed by atoms with van der Waals surface area (Å²) in [6.45, 7) is 6.82. The van der Waals surface area contributed by atoms with Crippen molar-refractivity contribution in [2.24, 2.45) is 0 Å². The highest BCUT2D eigenvalue weighted by molar-refractivity contribution is 5.33. The molecule has 0 saturated heterocycles. The molecule has 2 nitrogen and oxygen atoms in total. The number of nitrogens with zero attached hydrogens (tertiary/aromatic N) is 1. The van der Waals surface area contributed by atoms with Gasteiger partial charge < -0.3 is 4.74 Å². The number of aromatic nitrogens is 1. The molecule has 0 saturated carbocycles. The zero-order valence-electron chi connectivity index (χ0n) is 7.92. The Morgan fingerprint density at radius 2 is 2.17 bits per heavy atom. The van der Waals surface area contributed by atoms with Crippen LogP contribution in [0.4, 0.5) is 0 Å². The molecule has 0 unspecified atom stereocenters. The molecule has 1 aromatic rings. The lowest BCUT2D eigenvalue weighted by atomic mass is 10.2. The number of ether oxygens (including phenoxy) is 1. The summed E-state index contributed by atoms with van der Waals surface area (Å²) in [7, 11) is 0. The van der Waals surface area contributed by atoms with E-state index in [2.05, 4.69) is 4.98 Å². The smallest absolute Gasteiger partial charge is 0.141 e. The van der Waals surface area contributed by atoms with Gasteiger partial charge in [-0.25, -0.2) is 0 Å². The first-order chi connectivity index (χ1) is 5.86. The summed E-state index contributed by atoms with van der Waals surface area (Å²) in [4.78, 5) is 4.23.